The zero-order chi connectivity index (χ0) is 12.0. The van der Waals surface area contributed by atoms with Crippen LogP contribution in [0.2, 0.25) is 0 Å². The fraction of sp³-hybridized carbons (Fsp3) is 0.917. The van der Waals surface area contributed by atoms with Crippen LogP contribution in [0.1, 0.15) is 32.6 Å². The summed E-state index contributed by atoms with van der Waals surface area (Å²) in [6.45, 7) is 6.41. The second kappa shape index (κ2) is 6.86. The number of hydrogen-bond donors (Lipinski definition) is 1. The van der Waals surface area contributed by atoms with Gasteiger partial charge >= 0.3 is 5.97 Å². The normalized spacial score (nSPS) is 19.2. The summed E-state index contributed by atoms with van der Waals surface area (Å²) in [4.78, 5) is 15.2. The van der Waals surface area contributed by atoms with Crippen LogP contribution in [0.4, 0.5) is 0 Å². The first-order chi connectivity index (χ1) is 7.63. The molecule has 0 spiro atoms. The summed E-state index contributed by atoms with van der Waals surface area (Å²) in [6, 6.07) is 0.576. The first-order valence-electron chi connectivity index (χ1n) is 6.28. The minimum Gasteiger partial charge on any atom is -0.481 e. The molecule has 94 valence electrons. The fourth-order valence-electron chi connectivity index (χ4n) is 2.35. The standard InChI is InChI=1S/C12H24N2O2/c1-3-7-14-9-4-11(5-10-14)13(2)8-6-12(15)16/h11H,3-10H2,1-2H3,(H,15,16). The minimum atomic E-state index is -0.699. The van der Waals surface area contributed by atoms with E-state index in [1.165, 1.54) is 25.8 Å². The highest BCUT2D eigenvalue weighted by Crippen LogP contribution is 2.15. The van der Waals surface area contributed by atoms with E-state index >= 15 is 0 Å². The lowest BCUT2D eigenvalue weighted by Gasteiger charge is -2.36. The summed E-state index contributed by atoms with van der Waals surface area (Å²) in [5, 5.41) is 8.64. The van der Waals surface area contributed by atoms with E-state index in [-0.39, 0.29) is 6.42 Å². The van der Waals surface area contributed by atoms with Crippen molar-refractivity contribution in [1.82, 2.24) is 9.80 Å². The molecule has 0 aromatic heterocycles. The Kier molecular flexibility index (Phi) is 5.77. The molecule has 0 aromatic carbocycles. The second-order valence-corrected chi connectivity index (χ2v) is 4.70. The second-order valence-electron chi connectivity index (χ2n) is 4.70. The molecule has 0 amide bonds. The summed E-state index contributed by atoms with van der Waals surface area (Å²) in [5.41, 5.74) is 0. The molecular weight excluding hydrogens is 204 g/mol. The molecule has 1 aliphatic rings. The van der Waals surface area contributed by atoms with Gasteiger partial charge in [-0.3, -0.25) is 4.79 Å². The lowest BCUT2D eigenvalue weighted by Crippen LogP contribution is -2.44. The van der Waals surface area contributed by atoms with Gasteiger partial charge in [0.1, 0.15) is 0 Å². The average Bonchev–Trinajstić information content (AvgIpc) is 2.27. The summed E-state index contributed by atoms with van der Waals surface area (Å²) in [6.07, 6.45) is 3.83. The molecule has 0 radical (unpaired) electrons. The van der Waals surface area contributed by atoms with Crippen LogP contribution in [0.3, 0.4) is 0 Å². The van der Waals surface area contributed by atoms with Gasteiger partial charge in [0, 0.05) is 12.6 Å². The van der Waals surface area contributed by atoms with Gasteiger partial charge in [-0.15, -0.1) is 0 Å². The third-order valence-electron chi connectivity index (χ3n) is 3.40. The first-order valence-corrected chi connectivity index (χ1v) is 6.28. The van der Waals surface area contributed by atoms with Crippen LogP contribution in [0, 0.1) is 0 Å². The van der Waals surface area contributed by atoms with Crippen LogP contribution < -0.4 is 0 Å². The van der Waals surface area contributed by atoms with Gasteiger partial charge in [-0.2, -0.15) is 0 Å². The van der Waals surface area contributed by atoms with Crippen molar-refractivity contribution >= 4 is 5.97 Å². The van der Waals surface area contributed by atoms with Crippen LogP contribution in [0.5, 0.6) is 0 Å². The highest BCUT2D eigenvalue weighted by atomic mass is 16.4. The van der Waals surface area contributed by atoms with Gasteiger partial charge in [0.05, 0.1) is 6.42 Å². The Morgan fingerprint density at radius 1 is 1.44 bits per heavy atom. The molecule has 0 saturated carbocycles. The maximum Gasteiger partial charge on any atom is 0.304 e. The third kappa shape index (κ3) is 4.49. The molecule has 0 unspecified atom stereocenters. The van der Waals surface area contributed by atoms with Crippen molar-refractivity contribution in [2.24, 2.45) is 0 Å². The maximum absolute atomic E-state index is 10.5. The van der Waals surface area contributed by atoms with Crippen molar-refractivity contribution in [3.8, 4) is 0 Å². The van der Waals surface area contributed by atoms with E-state index in [0.717, 1.165) is 13.1 Å². The van der Waals surface area contributed by atoms with Crippen LogP contribution in [-0.2, 0) is 4.79 Å². The van der Waals surface area contributed by atoms with Gasteiger partial charge in [0.25, 0.3) is 0 Å². The van der Waals surface area contributed by atoms with Crippen molar-refractivity contribution in [1.29, 1.82) is 0 Å². The molecule has 1 fully saturated rings. The number of likely N-dealkylation sites (tertiary alicyclic amines) is 1. The zero-order valence-corrected chi connectivity index (χ0v) is 10.5. The van der Waals surface area contributed by atoms with Crippen molar-refractivity contribution in [2.45, 2.75) is 38.6 Å². The predicted octanol–water partition coefficient (Wildman–Crippen LogP) is 1.27. The Morgan fingerprint density at radius 2 is 2.06 bits per heavy atom. The number of aliphatic carboxylic acids is 1. The lowest BCUT2D eigenvalue weighted by molar-refractivity contribution is -0.137. The van der Waals surface area contributed by atoms with Crippen molar-refractivity contribution < 1.29 is 9.90 Å². The molecule has 4 nitrogen and oxygen atoms in total. The van der Waals surface area contributed by atoms with Crippen LogP contribution >= 0.6 is 0 Å². The Morgan fingerprint density at radius 3 is 2.56 bits per heavy atom. The Hall–Kier alpha value is -0.610. The monoisotopic (exact) mass is 228 g/mol. The smallest absolute Gasteiger partial charge is 0.304 e. The van der Waals surface area contributed by atoms with Crippen molar-refractivity contribution in [2.75, 3.05) is 33.2 Å². The first kappa shape index (κ1) is 13.5. The van der Waals surface area contributed by atoms with E-state index in [1.54, 1.807) is 0 Å². The summed E-state index contributed by atoms with van der Waals surface area (Å²) in [5.74, 6) is -0.699. The fourth-order valence-corrected chi connectivity index (χ4v) is 2.35. The Balaban J connectivity index is 2.21. The Bertz CT molecular complexity index is 213. The summed E-state index contributed by atoms with van der Waals surface area (Å²) >= 11 is 0. The zero-order valence-electron chi connectivity index (χ0n) is 10.5. The predicted molar refractivity (Wildman–Crippen MR) is 64.6 cm³/mol. The molecule has 1 saturated heterocycles. The summed E-state index contributed by atoms with van der Waals surface area (Å²) in [7, 11) is 2.04. The van der Waals surface area contributed by atoms with Gasteiger partial charge in [-0.1, -0.05) is 6.92 Å². The number of rotatable bonds is 6. The van der Waals surface area contributed by atoms with Crippen LogP contribution in [0.15, 0.2) is 0 Å². The molecule has 0 aromatic rings. The van der Waals surface area contributed by atoms with Crippen molar-refractivity contribution in [3.63, 3.8) is 0 Å². The van der Waals surface area contributed by atoms with Crippen LogP contribution in [0.25, 0.3) is 0 Å². The third-order valence-corrected chi connectivity index (χ3v) is 3.40. The summed E-state index contributed by atoms with van der Waals surface area (Å²) < 4.78 is 0. The van der Waals surface area contributed by atoms with E-state index in [0.29, 0.717) is 12.6 Å². The van der Waals surface area contributed by atoms with Gasteiger partial charge < -0.3 is 14.9 Å². The quantitative estimate of drug-likeness (QED) is 0.743. The molecule has 1 N–H and O–H groups in total. The number of carbonyl (C=O) groups is 1. The molecule has 4 heteroatoms. The van der Waals surface area contributed by atoms with E-state index in [1.807, 2.05) is 7.05 Å². The van der Waals surface area contributed by atoms with E-state index in [9.17, 15) is 4.79 Å². The number of piperidine rings is 1. The van der Waals surface area contributed by atoms with E-state index in [2.05, 4.69) is 16.7 Å². The topological polar surface area (TPSA) is 43.8 Å². The molecule has 0 bridgehead atoms. The molecule has 0 aliphatic carbocycles. The van der Waals surface area contributed by atoms with Crippen molar-refractivity contribution in [3.05, 3.63) is 0 Å². The molecule has 1 aliphatic heterocycles. The van der Waals surface area contributed by atoms with Gasteiger partial charge in [-0.05, 0) is 45.9 Å². The molecule has 16 heavy (non-hydrogen) atoms. The number of carboxylic acid groups (broad SMARTS) is 1. The van der Waals surface area contributed by atoms with Gasteiger partial charge in [0.15, 0.2) is 0 Å². The van der Waals surface area contributed by atoms with Gasteiger partial charge in [-0.25, -0.2) is 0 Å². The van der Waals surface area contributed by atoms with E-state index < -0.39 is 5.97 Å². The molecular formula is C12H24N2O2. The highest BCUT2D eigenvalue weighted by Gasteiger charge is 2.21. The number of nitrogens with zero attached hydrogens (tertiary/aromatic N) is 2. The van der Waals surface area contributed by atoms with E-state index in [4.69, 9.17) is 5.11 Å². The number of carboxylic acids is 1. The Labute approximate surface area is 98.2 Å². The molecule has 1 rings (SSSR count). The number of hydrogen-bond acceptors (Lipinski definition) is 3. The SMILES string of the molecule is CCCN1CCC(N(C)CCC(=O)O)CC1. The molecule has 1 heterocycles. The minimum absolute atomic E-state index is 0.256. The van der Waals surface area contributed by atoms with Gasteiger partial charge in [0.2, 0.25) is 0 Å². The maximum atomic E-state index is 10.5. The van der Waals surface area contributed by atoms with Crippen LogP contribution in [-0.4, -0.2) is 60.1 Å². The lowest BCUT2D eigenvalue weighted by atomic mass is 10.0. The average molecular weight is 228 g/mol. The molecule has 0 atom stereocenters. The highest BCUT2D eigenvalue weighted by molar-refractivity contribution is 5.66. The largest absolute Gasteiger partial charge is 0.481 e.